The Hall–Kier alpha value is -3.30. The lowest BCUT2D eigenvalue weighted by Gasteiger charge is -2.30. The van der Waals surface area contributed by atoms with Crippen LogP contribution in [0.4, 0.5) is 0 Å². The summed E-state index contributed by atoms with van der Waals surface area (Å²) < 4.78 is 21.6. The van der Waals surface area contributed by atoms with E-state index in [2.05, 4.69) is 4.90 Å². The van der Waals surface area contributed by atoms with Gasteiger partial charge in [-0.1, -0.05) is 0 Å². The Bertz CT molecular complexity index is 1020. The van der Waals surface area contributed by atoms with Crippen LogP contribution in [0.3, 0.4) is 0 Å². The number of carbonyl (C=O) groups excluding carboxylic acids is 2. The van der Waals surface area contributed by atoms with Crippen LogP contribution >= 0.6 is 0 Å². The number of benzene rings is 1. The van der Waals surface area contributed by atoms with E-state index in [4.69, 9.17) is 18.6 Å². The molecule has 3 aliphatic heterocycles. The minimum absolute atomic E-state index is 0.000734. The number of Topliss-reactive ketones (excluding diaryl/α,β-unsaturated/α-hetero) is 1. The summed E-state index contributed by atoms with van der Waals surface area (Å²) in [7, 11) is 0. The van der Waals surface area contributed by atoms with Crippen LogP contribution < -0.4 is 9.47 Å². The Balaban J connectivity index is 1.50. The number of aliphatic hydroxyl groups excluding tert-OH is 1. The minimum atomic E-state index is -0.804. The van der Waals surface area contributed by atoms with E-state index >= 15 is 0 Å². The van der Waals surface area contributed by atoms with Gasteiger partial charge in [0.2, 0.25) is 6.79 Å². The van der Waals surface area contributed by atoms with E-state index in [0.29, 0.717) is 49.1 Å². The highest BCUT2D eigenvalue weighted by Crippen LogP contribution is 2.41. The number of fused-ring (bicyclic) bond motifs is 1. The zero-order valence-corrected chi connectivity index (χ0v) is 16.8. The monoisotopic (exact) mass is 426 g/mol. The summed E-state index contributed by atoms with van der Waals surface area (Å²) in [5, 5.41) is 11.1. The van der Waals surface area contributed by atoms with Crippen molar-refractivity contribution in [2.24, 2.45) is 0 Å². The van der Waals surface area contributed by atoms with Crippen molar-refractivity contribution >= 4 is 17.4 Å². The maximum Gasteiger partial charge on any atom is 0.295 e. The van der Waals surface area contributed by atoms with Crippen LogP contribution in [-0.4, -0.2) is 72.8 Å². The Morgan fingerprint density at radius 1 is 1.06 bits per heavy atom. The van der Waals surface area contributed by atoms with E-state index in [-0.39, 0.29) is 18.1 Å². The second-order valence-electron chi connectivity index (χ2n) is 7.53. The van der Waals surface area contributed by atoms with E-state index in [0.717, 1.165) is 13.1 Å². The minimum Gasteiger partial charge on any atom is -0.507 e. The van der Waals surface area contributed by atoms with E-state index < -0.39 is 17.7 Å². The number of furan rings is 1. The quantitative estimate of drug-likeness (QED) is 0.439. The third kappa shape index (κ3) is 3.55. The molecule has 0 bridgehead atoms. The van der Waals surface area contributed by atoms with Gasteiger partial charge < -0.3 is 28.6 Å². The molecule has 0 radical (unpaired) electrons. The molecule has 1 amide bonds. The highest BCUT2D eigenvalue weighted by molar-refractivity contribution is 6.46. The first-order valence-corrected chi connectivity index (χ1v) is 10.2. The summed E-state index contributed by atoms with van der Waals surface area (Å²) in [5.41, 5.74) is 0.368. The van der Waals surface area contributed by atoms with Gasteiger partial charge >= 0.3 is 0 Å². The van der Waals surface area contributed by atoms with Crippen LogP contribution in [0.5, 0.6) is 11.5 Å². The Labute approximate surface area is 178 Å². The molecule has 3 aliphatic rings. The fraction of sp³-hybridized carbons (Fsp3) is 0.364. The number of amides is 1. The highest BCUT2D eigenvalue weighted by atomic mass is 16.7. The molecule has 2 fully saturated rings. The molecule has 31 heavy (non-hydrogen) atoms. The number of hydrogen-bond acceptors (Lipinski definition) is 8. The first kappa shape index (κ1) is 19.7. The molecule has 5 rings (SSSR count). The largest absolute Gasteiger partial charge is 0.507 e. The summed E-state index contributed by atoms with van der Waals surface area (Å²) in [6.07, 6.45) is 1.48. The fourth-order valence-electron chi connectivity index (χ4n) is 4.13. The summed E-state index contributed by atoms with van der Waals surface area (Å²) in [6.45, 7) is 3.84. The van der Waals surface area contributed by atoms with Crippen LogP contribution in [0.15, 0.2) is 46.6 Å². The standard InChI is InChI=1S/C22H22N2O7/c25-20(14-3-4-15-17(12-14)31-13-30-15)18-19(16-2-1-9-29-16)24(22(27)21(18)26)6-5-23-7-10-28-11-8-23/h1-4,9,12,19,25H,5-8,10-11,13H2/t19-/m1/s1. The SMILES string of the molecule is O=C1C(=O)N(CCN2CCOCC2)[C@H](c2ccco2)C1=C(O)c1ccc2c(c1)OCO2. The maximum absolute atomic E-state index is 13.0. The first-order chi connectivity index (χ1) is 15.1. The Kier molecular flexibility index (Phi) is 5.13. The van der Waals surface area contributed by atoms with E-state index in [9.17, 15) is 14.7 Å². The smallest absolute Gasteiger partial charge is 0.295 e. The molecule has 1 aromatic heterocycles. The lowest BCUT2D eigenvalue weighted by Crippen LogP contribution is -2.42. The van der Waals surface area contributed by atoms with Crippen LogP contribution in [0.1, 0.15) is 17.4 Å². The molecule has 2 saturated heterocycles. The average molecular weight is 426 g/mol. The number of rotatable bonds is 5. The zero-order valence-electron chi connectivity index (χ0n) is 16.8. The lowest BCUT2D eigenvalue weighted by atomic mass is 9.99. The number of nitrogens with zero attached hydrogens (tertiary/aromatic N) is 2. The average Bonchev–Trinajstić information content (AvgIpc) is 3.53. The second kappa shape index (κ2) is 8.09. The van der Waals surface area contributed by atoms with Gasteiger partial charge in [0.15, 0.2) is 11.5 Å². The molecule has 4 heterocycles. The number of morpholine rings is 1. The van der Waals surface area contributed by atoms with Gasteiger partial charge in [0.25, 0.3) is 11.7 Å². The molecule has 2 aromatic rings. The molecular formula is C22H22N2O7. The predicted molar refractivity (Wildman–Crippen MR) is 108 cm³/mol. The molecule has 162 valence electrons. The van der Waals surface area contributed by atoms with Crippen LogP contribution in [-0.2, 0) is 14.3 Å². The van der Waals surface area contributed by atoms with Crippen molar-refractivity contribution in [2.45, 2.75) is 6.04 Å². The Morgan fingerprint density at radius 2 is 1.87 bits per heavy atom. The summed E-state index contributed by atoms with van der Waals surface area (Å²) in [6, 6.07) is 7.47. The van der Waals surface area contributed by atoms with Gasteiger partial charge in [-0.2, -0.15) is 0 Å². The van der Waals surface area contributed by atoms with Crippen molar-refractivity contribution in [2.75, 3.05) is 46.2 Å². The van der Waals surface area contributed by atoms with Gasteiger partial charge in [-0.15, -0.1) is 0 Å². The third-order valence-electron chi connectivity index (χ3n) is 5.76. The van der Waals surface area contributed by atoms with Gasteiger partial charge in [-0.25, -0.2) is 0 Å². The summed E-state index contributed by atoms with van der Waals surface area (Å²) in [4.78, 5) is 29.5. The number of aliphatic hydroxyl groups is 1. The topological polar surface area (TPSA) is 102 Å². The molecule has 1 atom stereocenters. The van der Waals surface area contributed by atoms with Crippen molar-refractivity contribution in [1.82, 2.24) is 9.80 Å². The van der Waals surface area contributed by atoms with Crippen LogP contribution in [0.2, 0.25) is 0 Å². The molecule has 0 spiro atoms. The predicted octanol–water partition coefficient (Wildman–Crippen LogP) is 1.76. The van der Waals surface area contributed by atoms with Gasteiger partial charge in [-0.3, -0.25) is 14.5 Å². The molecule has 0 unspecified atom stereocenters. The van der Waals surface area contributed by atoms with E-state index in [1.165, 1.54) is 11.2 Å². The third-order valence-corrected chi connectivity index (χ3v) is 5.76. The molecule has 1 N–H and O–H groups in total. The van der Waals surface area contributed by atoms with E-state index in [1.807, 2.05) is 0 Å². The fourth-order valence-corrected chi connectivity index (χ4v) is 4.13. The van der Waals surface area contributed by atoms with E-state index in [1.54, 1.807) is 30.3 Å². The Morgan fingerprint density at radius 3 is 2.65 bits per heavy atom. The van der Waals surface area contributed by atoms with Gasteiger partial charge in [-0.05, 0) is 30.3 Å². The number of carbonyl (C=O) groups is 2. The number of likely N-dealkylation sites (tertiary alicyclic amines) is 1. The molecule has 0 aliphatic carbocycles. The molecule has 9 heteroatoms. The molecule has 9 nitrogen and oxygen atoms in total. The first-order valence-electron chi connectivity index (χ1n) is 10.2. The summed E-state index contributed by atoms with van der Waals surface area (Å²) in [5.74, 6) is -0.212. The number of ketones is 1. The summed E-state index contributed by atoms with van der Waals surface area (Å²) >= 11 is 0. The molecular weight excluding hydrogens is 404 g/mol. The zero-order chi connectivity index (χ0) is 21.4. The van der Waals surface area contributed by atoms with Crippen molar-refractivity contribution < 1.29 is 33.3 Å². The molecule has 0 saturated carbocycles. The normalized spacial score (nSPS) is 23.0. The van der Waals surface area contributed by atoms with Crippen LogP contribution in [0.25, 0.3) is 5.76 Å². The van der Waals surface area contributed by atoms with Gasteiger partial charge in [0.1, 0.15) is 17.6 Å². The second-order valence-corrected chi connectivity index (χ2v) is 7.53. The van der Waals surface area contributed by atoms with Gasteiger partial charge in [0, 0.05) is 31.7 Å². The van der Waals surface area contributed by atoms with Crippen molar-refractivity contribution in [3.63, 3.8) is 0 Å². The van der Waals surface area contributed by atoms with Crippen molar-refractivity contribution in [3.05, 3.63) is 53.5 Å². The lowest BCUT2D eigenvalue weighted by molar-refractivity contribution is -0.140. The highest BCUT2D eigenvalue weighted by Gasteiger charge is 2.47. The van der Waals surface area contributed by atoms with Crippen molar-refractivity contribution in [3.8, 4) is 11.5 Å². The van der Waals surface area contributed by atoms with Crippen molar-refractivity contribution in [1.29, 1.82) is 0 Å². The van der Waals surface area contributed by atoms with Crippen LogP contribution in [0, 0.1) is 0 Å². The molecule has 1 aromatic carbocycles. The number of hydrogen-bond donors (Lipinski definition) is 1. The number of ether oxygens (including phenoxy) is 3. The maximum atomic E-state index is 13.0. The van der Waals surface area contributed by atoms with Gasteiger partial charge in [0.05, 0.1) is 25.1 Å².